The van der Waals surface area contributed by atoms with Crippen LogP contribution in [0.25, 0.3) is 21.3 Å². The number of aromatic amines is 1. The number of halogens is 1. The zero-order valence-electron chi connectivity index (χ0n) is 14.3. The van der Waals surface area contributed by atoms with Crippen LogP contribution in [0.2, 0.25) is 5.02 Å². The molecule has 0 aliphatic heterocycles. The van der Waals surface area contributed by atoms with Gasteiger partial charge in [-0.05, 0) is 19.9 Å². The molecule has 3 aromatic rings. The third kappa shape index (κ3) is 4.28. The number of aromatic nitrogens is 2. The molecule has 2 heterocycles. The van der Waals surface area contributed by atoms with E-state index >= 15 is 0 Å². The second-order valence-corrected chi connectivity index (χ2v) is 8.29. The summed E-state index contributed by atoms with van der Waals surface area (Å²) >= 11 is 9.10. The van der Waals surface area contributed by atoms with E-state index in [1.165, 1.54) is 23.1 Å². The second kappa shape index (κ2) is 8.24. The number of thioether (sulfide) groups is 1. The predicted molar refractivity (Wildman–Crippen MR) is 110 cm³/mol. The molecule has 0 spiro atoms. The fourth-order valence-corrected chi connectivity index (χ4v) is 4.44. The Kier molecular flexibility index (Phi) is 6.01. The Morgan fingerprint density at radius 3 is 2.85 bits per heavy atom. The van der Waals surface area contributed by atoms with Crippen molar-refractivity contribution < 1.29 is 4.79 Å². The summed E-state index contributed by atoms with van der Waals surface area (Å²) in [6, 6.07) is 7.55. The molecule has 136 valence electrons. The van der Waals surface area contributed by atoms with Crippen LogP contribution in [-0.4, -0.2) is 27.7 Å². The Labute approximate surface area is 164 Å². The molecule has 0 atom stereocenters. The van der Waals surface area contributed by atoms with Crippen molar-refractivity contribution in [3.8, 4) is 11.1 Å². The number of H-pyrrole nitrogens is 1. The van der Waals surface area contributed by atoms with Gasteiger partial charge in [0, 0.05) is 27.6 Å². The largest absolute Gasteiger partial charge is 0.353 e. The van der Waals surface area contributed by atoms with Crippen LogP contribution in [0.4, 0.5) is 0 Å². The van der Waals surface area contributed by atoms with Gasteiger partial charge < -0.3 is 10.3 Å². The Balaban J connectivity index is 1.81. The summed E-state index contributed by atoms with van der Waals surface area (Å²) in [4.78, 5) is 32.3. The number of thiophene rings is 1. The summed E-state index contributed by atoms with van der Waals surface area (Å²) in [7, 11) is 0. The van der Waals surface area contributed by atoms with Crippen LogP contribution in [0.1, 0.15) is 19.7 Å². The van der Waals surface area contributed by atoms with Gasteiger partial charge in [0.05, 0.1) is 16.9 Å². The first-order chi connectivity index (χ1) is 12.5. The highest BCUT2D eigenvalue weighted by Gasteiger charge is 2.15. The second-order valence-electron chi connectivity index (χ2n) is 6.04. The number of carbonyl (C=O) groups is 1. The predicted octanol–water partition coefficient (Wildman–Crippen LogP) is 4.06. The van der Waals surface area contributed by atoms with Gasteiger partial charge in [-0.1, -0.05) is 29.8 Å². The topological polar surface area (TPSA) is 74.8 Å². The minimum atomic E-state index is -0.187. The Morgan fingerprint density at radius 1 is 1.35 bits per heavy atom. The third-order valence-electron chi connectivity index (χ3n) is 3.58. The number of hydrogen-bond acceptors (Lipinski definition) is 5. The van der Waals surface area contributed by atoms with Crippen LogP contribution < -0.4 is 10.9 Å². The summed E-state index contributed by atoms with van der Waals surface area (Å²) in [6.07, 6.45) is 0. The van der Waals surface area contributed by atoms with Gasteiger partial charge in [0.25, 0.3) is 5.56 Å². The number of hydrogen-bond donors (Lipinski definition) is 2. The highest BCUT2D eigenvalue weighted by atomic mass is 35.5. The molecule has 5 nitrogen and oxygen atoms in total. The fraction of sp³-hybridized carbons (Fsp3) is 0.278. The van der Waals surface area contributed by atoms with Crippen LogP contribution in [0.5, 0.6) is 0 Å². The number of amides is 1. The maximum atomic E-state index is 12.6. The highest BCUT2D eigenvalue weighted by Crippen LogP contribution is 2.34. The normalized spacial score (nSPS) is 11.2. The Hall–Kier alpha value is -1.83. The molecule has 2 N–H and O–H groups in total. The van der Waals surface area contributed by atoms with Crippen molar-refractivity contribution in [2.75, 3.05) is 5.75 Å². The van der Waals surface area contributed by atoms with E-state index < -0.39 is 0 Å². The molecular formula is C18H18ClN3O2S2. The number of nitrogens with one attached hydrogen (secondary N) is 2. The number of fused-ring (bicyclic) bond motifs is 1. The number of rotatable bonds is 6. The first-order valence-electron chi connectivity index (χ1n) is 8.08. The molecule has 0 radical (unpaired) electrons. The molecule has 0 unspecified atom stereocenters. The Morgan fingerprint density at radius 2 is 2.12 bits per heavy atom. The van der Waals surface area contributed by atoms with Gasteiger partial charge in [-0.15, -0.1) is 23.1 Å². The number of carbonyl (C=O) groups excluding carboxylic acids is 1. The van der Waals surface area contributed by atoms with Crippen LogP contribution in [0, 0.1) is 0 Å². The van der Waals surface area contributed by atoms with E-state index in [2.05, 4.69) is 15.3 Å². The molecule has 2 aromatic heterocycles. The average Bonchev–Trinajstić information content (AvgIpc) is 2.99. The van der Waals surface area contributed by atoms with E-state index in [4.69, 9.17) is 11.6 Å². The van der Waals surface area contributed by atoms with Crippen LogP contribution in [0.15, 0.2) is 34.4 Å². The van der Waals surface area contributed by atoms with Crippen molar-refractivity contribution in [3.63, 3.8) is 0 Å². The van der Waals surface area contributed by atoms with Gasteiger partial charge in [0.2, 0.25) is 5.91 Å². The van der Waals surface area contributed by atoms with Gasteiger partial charge in [0.15, 0.2) is 0 Å². The monoisotopic (exact) mass is 407 g/mol. The average molecular weight is 408 g/mol. The van der Waals surface area contributed by atoms with Crippen LogP contribution >= 0.6 is 34.7 Å². The SMILES string of the molecule is CC(C)NC(=O)CSCc1nc2scc(-c3ccccc3Cl)c2c(=O)[nH]1. The van der Waals surface area contributed by atoms with Gasteiger partial charge >= 0.3 is 0 Å². The smallest absolute Gasteiger partial charge is 0.260 e. The molecule has 0 saturated carbocycles. The fourth-order valence-electron chi connectivity index (χ4n) is 2.54. The summed E-state index contributed by atoms with van der Waals surface area (Å²) in [5.41, 5.74) is 1.42. The van der Waals surface area contributed by atoms with E-state index in [0.717, 1.165) is 11.1 Å². The minimum Gasteiger partial charge on any atom is -0.353 e. The first kappa shape index (κ1) is 18.9. The van der Waals surface area contributed by atoms with Gasteiger partial charge in [-0.25, -0.2) is 4.98 Å². The molecule has 0 aliphatic rings. The zero-order chi connectivity index (χ0) is 18.7. The lowest BCUT2D eigenvalue weighted by molar-refractivity contribution is -0.119. The lowest BCUT2D eigenvalue weighted by Crippen LogP contribution is -2.31. The van der Waals surface area contributed by atoms with Crippen LogP contribution in [-0.2, 0) is 10.5 Å². The van der Waals surface area contributed by atoms with E-state index in [9.17, 15) is 9.59 Å². The molecule has 0 bridgehead atoms. The summed E-state index contributed by atoms with van der Waals surface area (Å²) < 4.78 is 0. The molecule has 0 aliphatic carbocycles. The van der Waals surface area contributed by atoms with E-state index in [-0.39, 0.29) is 17.5 Å². The molecule has 8 heteroatoms. The molecule has 1 amide bonds. The van der Waals surface area contributed by atoms with Crippen molar-refractivity contribution in [2.24, 2.45) is 0 Å². The van der Waals surface area contributed by atoms with Crippen molar-refractivity contribution in [3.05, 3.63) is 50.8 Å². The molecule has 1 aromatic carbocycles. The third-order valence-corrected chi connectivity index (χ3v) is 5.72. The molecule has 0 saturated heterocycles. The van der Waals surface area contributed by atoms with Gasteiger partial charge in [-0.2, -0.15) is 0 Å². The van der Waals surface area contributed by atoms with E-state index in [1.54, 1.807) is 6.07 Å². The zero-order valence-corrected chi connectivity index (χ0v) is 16.7. The van der Waals surface area contributed by atoms with Gasteiger partial charge in [0.1, 0.15) is 10.7 Å². The molecular weight excluding hydrogens is 390 g/mol. The maximum Gasteiger partial charge on any atom is 0.260 e. The molecule has 26 heavy (non-hydrogen) atoms. The van der Waals surface area contributed by atoms with E-state index in [0.29, 0.717) is 32.6 Å². The summed E-state index contributed by atoms with van der Waals surface area (Å²) in [5, 5.41) is 5.89. The number of benzene rings is 1. The summed E-state index contributed by atoms with van der Waals surface area (Å²) in [5.74, 6) is 1.34. The lowest BCUT2D eigenvalue weighted by Gasteiger charge is -2.07. The van der Waals surface area contributed by atoms with Crippen molar-refractivity contribution >= 4 is 50.8 Å². The van der Waals surface area contributed by atoms with Crippen LogP contribution in [0.3, 0.4) is 0 Å². The molecule has 3 rings (SSSR count). The highest BCUT2D eigenvalue weighted by molar-refractivity contribution is 7.99. The maximum absolute atomic E-state index is 12.6. The standard InChI is InChI=1S/C18H18ClN3O2S2/c1-10(2)20-15(23)9-25-8-14-21-17(24)16-12(7-26-18(16)22-14)11-5-3-4-6-13(11)19/h3-7,10H,8-9H2,1-2H3,(H,20,23)(H,21,22,24). The van der Waals surface area contributed by atoms with Crippen molar-refractivity contribution in [1.29, 1.82) is 0 Å². The quantitative estimate of drug-likeness (QED) is 0.646. The number of nitrogens with zero attached hydrogens (tertiary/aromatic N) is 1. The lowest BCUT2D eigenvalue weighted by atomic mass is 10.1. The first-order valence-corrected chi connectivity index (χ1v) is 10.5. The summed E-state index contributed by atoms with van der Waals surface area (Å²) in [6.45, 7) is 3.84. The van der Waals surface area contributed by atoms with Gasteiger partial charge in [-0.3, -0.25) is 9.59 Å². The van der Waals surface area contributed by atoms with Crippen molar-refractivity contribution in [1.82, 2.24) is 15.3 Å². The Bertz CT molecular complexity index is 998. The van der Waals surface area contributed by atoms with Crippen molar-refractivity contribution in [2.45, 2.75) is 25.6 Å². The molecule has 0 fully saturated rings. The van der Waals surface area contributed by atoms with E-state index in [1.807, 2.05) is 37.4 Å². The minimum absolute atomic E-state index is 0.0226.